The van der Waals surface area contributed by atoms with Gasteiger partial charge in [-0.3, -0.25) is 0 Å². The van der Waals surface area contributed by atoms with Crippen molar-refractivity contribution in [2.75, 3.05) is 10.2 Å². The second-order valence-corrected chi connectivity index (χ2v) is 9.34. The Morgan fingerprint density at radius 2 is 1.68 bits per heavy atom. The number of nitrogens with one attached hydrogen (secondary N) is 2. The van der Waals surface area contributed by atoms with E-state index in [9.17, 15) is 0 Å². The molecule has 1 aliphatic heterocycles. The number of hydrogen-bond acceptors (Lipinski definition) is 7. The van der Waals surface area contributed by atoms with Gasteiger partial charge in [0.2, 0.25) is 5.95 Å². The molecule has 0 unspecified atom stereocenters. The predicted molar refractivity (Wildman–Crippen MR) is 139 cm³/mol. The van der Waals surface area contributed by atoms with Crippen LogP contribution in [0.5, 0.6) is 0 Å². The summed E-state index contributed by atoms with van der Waals surface area (Å²) in [4.78, 5) is 20.3. The highest BCUT2D eigenvalue weighted by molar-refractivity contribution is 7.99. The van der Waals surface area contributed by atoms with Crippen molar-refractivity contribution >= 4 is 40.9 Å². The molecule has 1 aliphatic rings. The summed E-state index contributed by atoms with van der Waals surface area (Å²) in [6.45, 7) is 4.29. The van der Waals surface area contributed by atoms with Crippen LogP contribution in [0.4, 0.5) is 11.8 Å². The third-order valence-corrected chi connectivity index (χ3v) is 6.45. The maximum Gasteiger partial charge on any atom is 0.232 e. The largest absolute Gasteiger partial charge is 0.358 e. The summed E-state index contributed by atoms with van der Waals surface area (Å²) in [5, 5.41) is 8.23. The number of anilines is 2. The summed E-state index contributed by atoms with van der Waals surface area (Å²) in [7, 11) is 0. The van der Waals surface area contributed by atoms with Crippen LogP contribution in [-0.4, -0.2) is 25.0 Å². The van der Waals surface area contributed by atoms with Gasteiger partial charge in [-0.2, -0.15) is 4.98 Å². The first-order chi connectivity index (χ1) is 16.6. The van der Waals surface area contributed by atoms with Crippen molar-refractivity contribution < 1.29 is 0 Å². The van der Waals surface area contributed by atoms with Gasteiger partial charge in [0.15, 0.2) is 10.3 Å². The molecule has 0 spiro atoms. The lowest BCUT2D eigenvalue weighted by molar-refractivity contribution is 0.842. The Balaban J connectivity index is 1.34. The van der Waals surface area contributed by atoms with Crippen molar-refractivity contribution in [1.29, 1.82) is 0 Å². The molecule has 0 saturated carbocycles. The number of nitrogens with zero attached hydrogens (tertiary/aromatic N) is 5. The van der Waals surface area contributed by atoms with Gasteiger partial charge in [-0.25, -0.2) is 15.0 Å². The summed E-state index contributed by atoms with van der Waals surface area (Å²) in [5.41, 5.74) is 5.00. The van der Waals surface area contributed by atoms with Gasteiger partial charge in [-0.1, -0.05) is 54.1 Å². The van der Waals surface area contributed by atoms with Gasteiger partial charge in [0.05, 0.1) is 0 Å². The van der Waals surface area contributed by atoms with E-state index in [4.69, 9.17) is 17.2 Å². The number of aryl methyl sites for hydroxylation is 1. The second kappa shape index (κ2) is 10.1. The minimum Gasteiger partial charge on any atom is -0.358 e. The number of hydrogen-bond donors (Lipinski definition) is 2. The molecule has 4 aromatic rings. The van der Waals surface area contributed by atoms with Crippen LogP contribution in [0, 0.1) is 6.92 Å². The SMILES string of the molecule is Cc1ccc(CNC(=S)Nc2nc(Sc3ncccn3)cc(N3Cc4ccccc4C3)n2)cc1. The Labute approximate surface area is 208 Å². The van der Waals surface area contributed by atoms with Crippen molar-refractivity contribution in [2.45, 2.75) is 36.7 Å². The number of fused-ring (bicyclic) bond motifs is 1. The standard InChI is InChI=1S/C25H23N7S2/c1-17-7-9-18(10-8-17)14-28-24(33)31-23-29-21(32-15-19-5-2-3-6-20(19)16-32)13-22(30-23)34-25-26-11-4-12-27-25/h2-13H,14-16H2,1H3,(H2,28,29,30,31,33). The number of benzene rings is 2. The maximum atomic E-state index is 5.52. The molecule has 0 fully saturated rings. The fourth-order valence-corrected chi connectivity index (χ4v) is 4.52. The van der Waals surface area contributed by atoms with Gasteiger partial charge in [0.1, 0.15) is 10.8 Å². The fraction of sp³-hybridized carbons (Fsp3) is 0.160. The van der Waals surface area contributed by atoms with Crippen molar-refractivity contribution in [3.8, 4) is 0 Å². The molecule has 2 aromatic heterocycles. The van der Waals surface area contributed by atoms with E-state index in [1.54, 1.807) is 18.5 Å². The Bertz CT molecular complexity index is 1270. The molecule has 2 aromatic carbocycles. The molecule has 0 bridgehead atoms. The topological polar surface area (TPSA) is 78.9 Å². The van der Waals surface area contributed by atoms with Gasteiger partial charge in [-0.05, 0) is 53.7 Å². The molecule has 0 atom stereocenters. The molecule has 9 heteroatoms. The van der Waals surface area contributed by atoms with E-state index in [1.165, 1.54) is 28.5 Å². The van der Waals surface area contributed by atoms with Crippen molar-refractivity contribution in [1.82, 2.24) is 25.3 Å². The van der Waals surface area contributed by atoms with E-state index < -0.39 is 0 Å². The second-order valence-electron chi connectivity index (χ2n) is 7.94. The molecule has 2 N–H and O–H groups in total. The van der Waals surface area contributed by atoms with Crippen LogP contribution in [-0.2, 0) is 19.6 Å². The lowest BCUT2D eigenvalue weighted by Gasteiger charge is -2.18. The molecule has 170 valence electrons. The van der Waals surface area contributed by atoms with Crippen molar-refractivity contribution in [3.05, 3.63) is 95.3 Å². The normalized spacial score (nSPS) is 12.3. The highest BCUT2D eigenvalue weighted by atomic mass is 32.2. The zero-order chi connectivity index (χ0) is 23.3. The Kier molecular flexibility index (Phi) is 6.64. The molecule has 0 amide bonds. The summed E-state index contributed by atoms with van der Waals surface area (Å²) in [5.74, 6) is 1.27. The average Bonchev–Trinajstić information content (AvgIpc) is 3.29. The van der Waals surface area contributed by atoms with Gasteiger partial charge in [0, 0.05) is 38.1 Å². The zero-order valence-electron chi connectivity index (χ0n) is 18.6. The maximum absolute atomic E-state index is 5.52. The molecule has 34 heavy (non-hydrogen) atoms. The molecule has 5 rings (SSSR count). The first-order valence-corrected chi connectivity index (χ1v) is 12.1. The summed E-state index contributed by atoms with van der Waals surface area (Å²) in [6.07, 6.45) is 3.44. The lowest BCUT2D eigenvalue weighted by Crippen LogP contribution is -2.29. The predicted octanol–water partition coefficient (Wildman–Crippen LogP) is 4.73. The molecule has 0 aliphatic carbocycles. The minimum atomic E-state index is 0.438. The van der Waals surface area contributed by atoms with Crippen LogP contribution < -0.4 is 15.5 Å². The molecular weight excluding hydrogens is 462 g/mol. The number of rotatable bonds is 6. The Morgan fingerprint density at radius 1 is 0.971 bits per heavy atom. The van der Waals surface area contributed by atoms with E-state index in [1.807, 2.05) is 6.07 Å². The lowest BCUT2D eigenvalue weighted by atomic mass is 10.1. The monoisotopic (exact) mass is 485 g/mol. The Hall–Kier alpha value is -3.56. The number of thiocarbonyl (C=S) groups is 1. The highest BCUT2D eigenvalue weighted by Crippen LogP contribution is 2.31. The van der Waals surface area contributed by atoms with Gasteiger partial charge >= 0.3 is 0 Å². The van der Waals surface area contributed by atoms with Gasteiger partial charge in [0.25, 0.3) is 0 Å². The smallest absolute Gasteiger partial charge is 0.232 e. The summed E-state index contributed by atoms with van der Waals surface area (Å²) in [6, 6.07) is 20.6. The van der Waals surface area contributed by atoms with E-state index in [0.717, 1.165) is 29.5 Å². The van der Waals surface area contributed by atoms with E-state index in [-0.39, 0.29) is 0 Å². The third kappa shape index (κ3) is 5.49. The van der Waals surface area contributed by atoms with Crippen LogP contribution in [0.25, 0.3) is 0 Å². The summed E-state index contributed by atoms with van der Waals surface area (Å²) >= 11 is 6.92. The number of aromatic nitrogens is 4. The average molecular weight is 486 g/mol. The zero-order valence-corrected chi connectivity index (χ0v) is 20.2. The van der Waals surface area contributed by atoms with Gasteiger partial charge in [-0.15, -0.1) is 0 Å². The van der Waals surface area contributed by atoms with E-state index in [0.29, 0.717) is 22.8 Å². The fourth-order valence-electron chi connectivity index (χ4n) is 3.64. The van der Waals surface area contributed by atoms with Gasteiger partial charge < -0.3 is 15.5 Å². The van der Waals surface area contributed by atoms with E-state index >= 15 is 0 Å². The molecule has 0 radical (unpaired) electrons. The van der Waals surface area contributed by atoms with Crippen LogP contribution in [0.2, 0.25) is 0 Å². The van der Waals surface area contributed by atoms with Crippen molar-refractivity contribution in [3.63, 3.8) is 0 Å². The molecule has 7 nitrogen and oxygen atoms in total. The van der Waals surface area contributed by atoms with E-state index in [2.05, 4.69) is 85.9 Å². The van der Waals surface area contributed by atoms with Crippen LogP contribution in [0.15, 0.2) is 83.2 Å². The van der Waals surface area contributed by atoms with Crippen LogP contribution >= 0.6 is 24.0 Å². The first kappa shape index (κ1) is 22.2. The minimum absolute atomic E-state index is 0.438. The first-order valence-electron chi connectivity index (χ1n) is 10.9. The van der Waals surface area contributed by atoms with Crippen LogP contribution in [0.3, 0.4) is 0 Å². The molecular formula is C25H23N7S2. The molecule has 3 heterocycles. The third-order valence-electron chi connectivity index (χ3n) is 5.39. The summed E-state index contributed by atoms with van der Waals surface area (Å²) < 4.78 is 0. The highest BCUT2D eigenvalue weighted by Gasteiger charge is 2.21. The van der Waals surface area contributed by atoms with Crippen LogP contribution in [0.1, 0.15) is 22.3 Å². The molecule has 0 saturated heterocycles. The Morgan fingerprint density at radius 3 is 2.38 bits per heavy atom. The van der Waals surface area contributed by atoms with Crippen molar-refractivity contribution in [2.24, 2.45) is 0 Å². The quantitative estimate of drug-likeness (QED) is 0.229.